The van der Waals surface area contributed by atoms with Crippen LogP contribution in [0.1, 0.15) is 36.9 Å². The molecule has 1 aromatic heterocycles. The second-order valence-corrected chi connectivity index (χ2v) is 6.34. The number of nitrogens with one attached hydrogen (secondary N) is 1. The van der Waals surface area contributed by atoms with E-state index >= 15 is 0 Å². The molecule has 0 saturated heterocycles. The number of hydrogen-bond donors (Lipinski definition) is 2. The molecule has 21 heavy (non-hydrogen) atoms. The summed E-state index contributed by atoms with van der Waals surface area (Å²) in [6.45, 7) is 1.91. The van der Waals surface area contributed by atoms with Crippen LogP contribution in [0.5, 0.6) is 0 Å². The summed E-state index contributed by atoms with van der Waals surface area (Å²) in [7, 11) is 0. The lowest BCUT2D eigenvalue weighted by Crippen LogP contribution is -2.30. The van der Waals surface area contributed by atoms with Crippen LogP contribution in [0, 0.1) is 0 Å². The summed E-state index contributed by atoms with van der Waals surface area (Å²) in [5, 5.41) is 7.82. The number of carbonyl (C=O) groups excluding carboxylic acids is 1. The van der Waals surface area contributed by atoms with Crippen molar-refractivity contribution in [3.8, 4) is 0 Å². The van der Waals surface area contributed by atoms with Crippen molar-refractivity contribution in [2.75, 3.05) is 0 Å². The van der Waals surface area contributed by atoms with Crippen molar-refractivity contribution in [2.24, 2.45) is 5.73 Å². The summed E-state index contributed by atoms with van der Waals surface area (Å²) in [6, 6.07) is 9.47. The van der Waals surface area contributed by atoms with E-state index in [1.54, 1.807) is 11.3 Å². The predicted octanol–water partition coefficient (Wildman–Crippen LogP) is 3.73. The quantitative estimate of drug-likeness (QED) is 0.851. The van der Waals surface area contributed by atoms with Gasteiger partial charge in [0.25, 0.3) is 0 Å². The summed E-state index contributed by atoms with van der Waals surface area (Å²) in [4.78, 5) is 12.1. The second kappa shape index (κ2) is 7.59. The molecule has 1 aromatic carbocycles. The Balaban J connectivity index is 2.14. The van der Waals surface area contributed by atoms with E-state index in [0.717, 1.165) is 11.1 Å². The zero-order chi connectivity index (χ0) is 15.2. The number of nitrogens with two attached hydrogens (primary N) is 1. The van der Waals surface area contributed by atoms with Crippen LogP contribution in [-0.4, -0.2) is 11.9 Å². The van der Waals surface area contributed by atoms with Crippen LogP contribution in [0.4, 0.5) is 0 Å². The smallest absolute Gasteiger partial charge is 0.220 e. The standard InChI is InChI=1S/C16H19ClN2OS/c1-11(18)2-7-15(20)19-16(13-8-9-21-10-13)12-3-5-14(17)6-4-12/h3-6,8-11,16H,2,7,18H2,1H3,(H,19,20). The van der Waals surface area contributed by atoms with Gasteiger partial charge >= 0.3 is 0 Å². The number of amides is 1. The first kappa shape index (κ1) is 16.0. The van der Waals surface area contributed by atoms with Crippen LogP contribution < -0.4 is 11.1 Å². The van der Waals surface area contributed by atoms with Gasteiger partial charge in [0, 0.05) is 17.5 Å². The summed E-state index contributed by atoms with van der Waals surface area (Å²) in [5.74, 6) is 0.0125. The van der Waals surface area contributed by atoms with Gasteiger partial charge in [-0.25, -0.2) is 0 Å². The van der Waals surface area contributed by atoms with Crippen LogP contribution in [0.3, 0.4) is 0 Å². The van der Waals surface area contributed by atoms with Crippen molar-refractivity contribution < 1.29 is 4.79 Å². The maximum Gasteiger partial charge on any atom is 0.220 e. The first-order valence-corrected chi connectivity index (χ1v) is 8.21. The van der Waals surface area contributed by atoms with E-state index in [0.29, 0.717) is 17.9 Å². The van der Waals surface area contributed by atoms with E-state index < -0.39 is 0 Å². The van der Waals surface area contributed by atoms with Crippen molar-refractivity contribution in [1.82, 2.24) is 5.32 Å². The van der Waals surface area contributed by atoms with E-state index in [4.69, 9.17) is 17.3 Å². The molecule has 0 spiro atoms. The Morgan fingerprint density at radius 2 is 2.00 bits per heavy atom. The molecule has 0 saturated carbocycles. The lowest BCUT2D eigenvalue weighted by atomic mass is 10.0. The molecule has 0 aliphatic rings. The predicted molar refractivity (Wildman–Crippen MR) is 88.6 cm³/mol. The van der Waals surface area contributed by atoms with Crippen molar-refractivity contribution >= 4 is 28.8 Å². The lowest BCUT2D eigenvalue weighted by molar-refractivity contribution is -0.121. The first-order valence-electron chi connectivity index (χ1n) is 6.89. The minimum atomic E-state index is -0.144. The topological polar surface area (TPSA) is 55.1 Å². The molecule has 2 rings (SSSR count). The second-order valence-electron chi connectivity index (χ2n) is 5.12. The van der Waals surface area contributed by atoms with Crippen molar-refractivity contribution in [1.29, 1.82) is 0 Å². The molecule has 2 atom stereocenters. The zero-order valence-corrected chi connectivity index (χ0v) is 13.5. The highest BCUT2D eigenvalue weighted by molar-refractivity contribution is 7.08. The van der Waals surface area contributed by atoms with Gasteiger partial charge in [-0.3, -0.25) is 4.79 Å². The fourth-order valence-electron chi connectivity index (χ4n) is 2.05. The number of halogens is 1. The molecule has 2 aromatic rings. The van der Waals surface area contributed by atoms with Crippen LogP contribution in [0.2, 0.25) is 5.02 Å². The molecule has 0 radical (unpaired) electrons. The van der Waals surface area contributed by atoms with Gasteiger partial charge in [0.05, 0.1) is 6.04 Å². The Bertz CT molecular complexity index is 566. The molecule has 0 bridgehead atoms. The minimum Gasteiger partial charge on any atom is -0.345 e. The lowest BCUT2D eigenvalue weighted by Gasteiger charge is -2.19. The normalized spacial score (nSPS) is 13.7. The molecular formula is C16H19ClN2OS. The Kier molecular flexibility index (Phi) is 5.79. The molecule has 1 amide bonds. The van der Waals surface area contributed by atoms with E-state index in [2.05, 4.69) is 5.32 Å². The number of rotatable bonds is 6. The molecule has 3 nitrogen and oxygen atoms in total. The largest absolute Gasteiger partial charge is 0.345 e. The van der Waals surface area contributed by atoms with Gasteiger partial charge in [-0.2, -0.15) is 11.3 Å². The van der Waals surface area contributed by atoms with Crippen molar-refractivity contribution in [3.05, 3.63) is 57.2 Å². The maximum absolute atomic E-state index is 12.1. The average Bonchev–Trinajstić information content (AvgIpc) is 2.97. The van der Waals surface area contributed by atoms with E-state index in [9.17, 15) is 4.79 Å². The molecule has 0 fully saturated rings. The molecular weight excluding hydrogens is 304 g/mol. The van der Waals surface area contributed by atoms with E-state index in [1.807, 2.05) is 48.0 Å². The molecule has 2 unspecified atom stereocenters. The Morgan fingerprint density at radius 1 is 1.29 bits per heavy atom. The Morgan fingerprint density at radius 3 is 2.57 bits per heavy atom. The highest BCUT2D eigenvalue weighted by Crippen LogP contribution is 2.25. The minimum absolute atomic E-state index is 0.0125. The van der Waals surface area contributed by atoms with Crippen LogP contribution in [-0.2, 0) is 4.79 Å². The van der Waals surface area contributed by atoms with Gasteiger partial charge in [0.1, 0.15) is 0 Å². The first-order chi connectivity index (χ1) is 10.1. The average molecular weight is 323 g/mol. The van der Waals surface area contributed by atoms with Crippen molar-refractivity contribution in [2.45, 2.75) is 31.8 Å². The third-order valence-electron chi connectivity index (χ3n) is 3.21. The van der Waals surface area contributed by atoms with Gasteiger partial charge in [0.15, 0.2) is 0 Å². The summed E-state index contributed by atoms with van der Waals surface area (Å²) in [6.07, 6.45) is 1.12. The number of carbonyl (C=O) groups is 1. The van der Waals surface area contributed by atoms with Crippen LogP contribution in [0.15, 0.2) is 41.1 Å². The van der Waals surface area contributed by atoms with Gasteiger partial charge in [0.2, 0.25) is 5.91 Å². The maximum atomic E-state index is 12.1. The third kappa shape index (κ3) is 4.84. The van der Waals surface area contributed by atoms with Gasteiger partial charge in [-0.05, 0) is 53.4 Å². The molecule has 5 heteroatoms. The number of hydrogen-bond acceptors (Lipinski definition) is 3. The summed E-state index contributed by atoms with van der Waals surface area (Å²) in [5.41, 5.74) is 7.80. The molecule has 0 aliphatic carbocycles. The van der Waals surface area contributed by atoms with Gasteiger partial charge < -0.3 is 11.1 Å². The third-order valence-corrected chi connectivity index (χ3v) is 4.17. The fourth-order valence-corrected chi connectivity index (χ4v) is 2.86. The monoisotopic (exact) mass is 322 g/mol. The van der Waals surface area contributed by atoms with Crippen LogP contribution >= 0.6 is 22.9 Å². The highest BCUT2D eigenvalue weighted by atomic mass is 35.5. The Hall–Kier alpha value is -1.36. The van der Waals surface area contributed by atoms with E-state index in [1.165, 1.54) is 0 Å². The van der Waals surface area contributed by atoms with Crippen molar-refractivity contribution in [3.63, 3.8) is 0 Å². The molecule has 1 heterocycles. The number of thiophene rings is 1. The summed E-state index contributed by atoms with van der Waals surface area (Å²) >= 11 is 7.55. The van der Waals surface area contributed by atoms with E-state index in [-0.39, 0.29) is 18.0 Å². The molecule has 3 N–H and O–H groups in total. The highest BCUT2D eigenvalue weighted by Gasteiger charge is 2.17. The van der Waals surface area contributed by atoms with Gasteiger partial charge in [-0.1, -0.05) is 23.7 Å². The zero-order valence-electron chi connectivity index (χ0n) is 11.9. The fraction of sp³-hybridized carbons (Fsp3) is 0.312. The SMILES string of the molecule is CC(N)CCC(=O)NC(c1ccc(Cl)cc1)c1ccsc1. The number of benzene rings is 1. The van der Waals surface area contributed by atoms with Crippen LogP contribution in [0.25, 0.3) is 0 Å². The summed E-state index contributed by atoms with van der Waals surface area (Å²) < 4.78 is 0. The molecule has 112 valence electrons. The van der Waals surface area contributed by atoms with Gasteiger partial charge in [-0.15, -0.1) is 0 Å². The Labute approximate surface area is 134 Å². The molecule has 0 aliphatic heterocycles.